The van der Waals surface area contributed by atoms with E-state index in [-0.39, 0.29) is 6.10 Å². The lowest BCUT2D eigenvalue weighted by Crippen LogP contribution is -2.28. The molecule has 0 heterocycles. The van der Waals surface area contributed by atoms with Gasteiger partial charge >= 0.3 is 0 Å². The number of aliphatic hydroxyl groups excluding tert-OH is 1. The zero-order valence-corrected chi connectivity index (χ0v) is 11.5. The summed E-state index contributed by atoms with van der Waals surface area (Å²) >= 11 is 0. The van der Waals surface area contributed by atoms with Crippen molar-refractivity contribution < 1.29 is 9.84 Å². The standard InChI is InChI=1S/C15H23NO2/c1-10-8-14(15(18-3)9-11(10)2)16-12-4-6-13(17)7-5-12/h8-9,12-13,16-17H,4-7H2,1-3H3. The van der Waals surface area contributed by atoms with E-state index in [2.05, 4.69) is 31.3 Å². The van der Waals surface area contributed by atoms with E-state index >= 15 is 0 Å². The molecule has 1 fully saturated rings. The lowest BCUT2D eigenvalue weighted by molar-refractivity contribution is 0.126. The van der Waals surface area contributed by atoms with Crippen LogP contribution < -0.4 is 10.1 Å². The molecule has 0 atom stereocenters. The van der Waals surface area contributed by atoms with Gasteiger partial charge < -0.3 is 15.2 Å². The first-order valence-corrected chi connectivity index (χ1v) is 6.70. The van der Waals surface area contributed by atoms with Crippen molar-refractivity contribution in [2.75, 3.05) is 12.4 Å². The summed E-state index contributed by atoms with van der Waals surface area (Å²) in [7, 11) is 1.71. The molecule has 18 heavy (non-hydrogen) atoms. The maximum Gasteiger partial charge on any atom is 0.142 e. The number of aryl methyl sites for hydroxylation is 2. The summed E-state index contributed by atoms with van der Waals surface area (Å²) in [5, 5.41) is 13.1. The Morgan fingerprint density at radius 2 is 1.72 bits per heavy atom. The van der Waals surface area contributed by atoms with Crippen LogP contribution in [0.4, 0.5) is 5.69 Å². The van der Waals surface area contributed by atoms with E-state index in [1.54, 1.807) is 7.11 Å². The molecule has 1 aromatic rings. The number of benzene rings is 1. The molecule has 0 unspecified atom stereocenters. The molecule has 0 amide bonds. The van der Waals surface area contributed by atoms with Gasteiger partial charge in [-0.15, -0.1) is 0 Å². The monoisotopic (exact) mass is 249 g/mol. The van der Waals surface area contributed by atoms with Gasteiger partial charge in [0.2, 0.25) is 0 Å². The highest BCUT2D eigenvalue weighted by Crippen LogP contribution is 2.31. The SMILES string of the molecule is COc1cc(C)c(C)cc1NC1CCC(O)CC1. The van der Waals surface area contributed by atoms with Crippen LogP contribution in [0.2, 0.25) is 0 Å². The molecule has 1 aliphatic carbocycles. The Morgan fingerprint density at radius 3 is 2.33 bits per heavy atom. The molecule has 3 nitrogen and oxygen atoms in total. The molecule has 2 rings (SSSR count). The minimum Gasteiger partial charge on any atom is -0.495 e. The fourth-order valence-corrected chi connectivity index (χ4v) is 2.51. The van der Waals surface area contributed by atoms with Crippen LogP contribution >= 0.6 is 0 Å². The predicted octanol–water partition coefficient (Wildman–Crippen LogP) is 3.03. The molecule has 100 valence electrons. The van der Waals surface area contributed by atoms with Crippen LogP contribution in [0.1, 0.15) is 36.8 Å². The molecule has 0 radical (unpaired) electrons. The highest BCUT2D eigenvalue weighted by molar-refractivity contribution is 5.60. The largest absolute Gasteiger partial charge is 0.495 e. The van der Waals surface area contributed by atoms with Crippen molar-refractivity contribution in [1.29, 1.82) is 0 Å². The van der Waals surface area contributed by atoms with E-state index in [4.69, 9.17) is 4.74 Å². The Morgan fingerprint density at radius 1 is 1.11 bits per heavy atom. The highest BCUT2D eigenvalue weighted by atomic mass is 16.5. The van der Waals surface area contributed by atoms with Gasteiger partial charge in [-0.1, -0.05) is 0 Å². The van der Waals surface area contributed by atoms with Gasteiger partial charge in [-0.25, -0.2) is 0 Å². The van der Waals surface area contributed by atoms with Crippen molar-refractivity contribution in [1.82, 2.24) is 0 Å². The summed E-state index contributed by atoms with van der Waals surface area (Å²) in [4.78, 5) is 0. The predicted molar refractivity (Wildman–Crippen MR) is 74.4 cm³/mol. The Kier molecular flexibility index (Phi) is 4.12. The van der Waals surface area contributed by atoms with Gasteiger partial charge in [0.05, 0.1) is 18.9 Å². The fraction of sp³-hybridized carbons (Fsp3) is 0.600. The summed E-state index contributed by atoms with van der Waals surface area (Å²) in [6.45, 7) is 4.21. The van der Waals surface area contributed by atoms with E-state index < -0.39 is 0 Å². The van der Waals surface area contributed by atoms with Crippen LogP contribution in [0, 0.1) is 13.8 Å². The van der Waals surface area contributed by atoms with Gasteiger partial charge in [0.25, 0.3) is 0 Å². The third kappa shape index (κ3) is 2.96. The zero-order valence-electron chi connectivity index (χ0n) is 11.5. The van der Waals surface area contributed by atoms with E-state index in [0.29, 0.717) is 6.04 Å². The van der Waals surface area contributed by atoms with Gasteiger partial charge in [0.1, 0.15) is 5.75 Å². The number of hydrogen-bond donors (Lipinski definition) is 2. The van der Waals surface area contributed by atoms with Gasteiger partial charge in [0.15, 0.2) is 0 Å². The average molecular weight is 249 g/mol. The first kappa shape index (κ1) is 13.2. The number of nitrogens with one attached hydrogen (secondary N) is 1. The van der Waals surface area contributed by atoms with Crippen molar-refractivity contribution in [3.63, 3.8) is 0 Å². The van der Waals surface area contributed by atoms with E-state index in [1.807, 2.05) is 0 Å². The Bertz CT molecular complexity index is 409. The molecule has 1 aromatic carbocycles. The quantitative estimate of drug-likeness (QED) is 0.865. The van der Waals surface area contributed by atoms with Crippen LogP contribution in [0.15, 0.2) is 12.1 Å². The highest BCUT2D eigenvalue weighted by Gasteiger charge is 2.20. The Hall–Kier alpha value is -1.22. The second kappa shape index (κ2) is 5.61. The van der Waals surface area contributed by atoms with Crippen molar-refractivity contribution in [3.05, 3.63) is 23.3 Å². The van der Waals surface area contributed by atoms with Crippen LogP contribution in [0.5, 0.6) is 5.75 Å². The van der Waals surface area contributed by atoms with Crippen LogP contribution in [0.25, 0.3) is 0 Å². The molecule has 0 spiro atoms. The zero-order chi connectivity index (χ0) is 13.1. The molecule has 1 saturated carbocycles. The van der Waals surface area contributed by atoms with E-state index in [0.717, 1.165) is 37.1 Å². The van der Waals surface area contributed by atoms with Gasteiger partial charge in [-0.3, -0.25) is 0 Å². The molecule has 0 bridgehead atoms. The second-order valence-electron chi connectivity index (χ2n) is 5.29. The lowest BCUT2D eigenvalue weighted by atomic mass is 9.93. The minimum atomic E-state index is -0.107. The summed E-state index contributed by atoms with van der Waals surface area (Å²) in [6.07, 6.45) is 3.73. The summed E-state index contributed by atoms with van der Waals surface area (Å²) in [5.74, 6) is 0.907. The topological polar surface area (TPSA) is 41.5 Å². The third-order valence-corrected chi connectivity index (χ3v) is 3.87. The van der Waals surface area contributed by atoms with Crippen LogP contribution in [-0.2, 0) is 0 Å². The average Bonchev–Trinajstić information content (AvgIpc) is 2.36. The number of anilines is 1. The third-order valence-electron chi connectivity index (χ3n) is 3.87. The van der Waals surface area contributed by atoms with Crippen molar-refractivity contribution in [2.24, 2.45) is 0 Å². The van der Waals surface area contributed by atoms with Gasteiger partial charge in [-0.05, 0) is 62.8 Å². The summed E-state index contributed by atoms with van der Waals surface area (Å²) in [5.41, 5.74) is 3.59. The number of methoxy groups -OCH3 is 1. The van der Waals surface area contributed by atoms with Gasteiger partial charge in [0, 0.05) is 6.04 Å². The minimum absolute atomic E-state index is 0.107. The summed E-state index contributed by atoms with van der Waals surface area (Å²) in [6, 6.07) is 4.68. The van der Waals surface area contributed by atoms with Crippen LogP contribution in [-0.4, -0.2) is 24.4 Å². The number of ether oxygens (including phenoxy) is 1. The molecule has 3 heteroatoms. The molecule has 1 aliphatic rings. The molecule has 2 N–H and O–H groups in total. The molecule has 0 aliphatic heterocycles. The molecule has 0 aromatic heterocycles. The number of rotatable bonds is 3. The Balaban J connectivity index is 2.10. The molecular formula is C15H23NO2. The fourth-order valence-electron chi connectivity index (χ4n) is 2.51. The van der Waals surface area contributed by atoms with Crippen molar-refractivity contribution in [3.8, 4) is 5.75 Å². The van der Waals surface area contributed by atoms with Crippen LogP contribution in [0.3, 0.4) is 0 Å². The van der Waals surface area contributed by atoms with Crippen molar-refractivity contribution >= 4 is 5.69 Å². The first-order valence-electron chi connectivity index (χ1n) is 6.70. The van der Waals surface area contributed by atoms with E-state index in [1.165, 1.54) is 11.1 Å². The smallest absolute Gasteiger partial charge is 0.142 e. The van der Waals surface area contributed by atoms with Crippen molar-refractivity contribution in [2.45, 2.75) is 51.7 Å². The maximum absolute atomic E-state index is 9.52. The number of hydrogen-bond acceptors (Lipinski definition) is 3. The second-order valence-corrected chi connectivity index (χ2v) is 5.29. The normalized spacial score (nSPS) is 23.8. The summed E-state index contributed by atoms with van der Waals surface area (Å²) < 4.78 is 5.43. The van der Waals surface area contributed by atoms with E-state index in [9.17, 15) is 5.11 Å². The number of aliphatic hydroxyl groups is 1. The maximum atomic E-state index is 9.52. The van der Waals surface area contributed by atoms with Gasteiger partial charge in [-0.2, -0.15) is 0 Å². The molecular weight excluding hydrogens is 226 g/mol. The molecule has 0 saturated heterocycles. The Labute approximate surface area is 109 Å². The lowest BCUT2D eigenvalue weighted by Gasteiger charge is -2.28. The first-order chi connectivity index (χ1) is 8.60.